The first-order chi connectivity index (χ1) is 10.7. The molecule has 0 spiro atoms. The van der Waals surface area contributed by atoms with Crippen molar-refractivity contribution in [2.24, 2.45) is 0 Å². The first-order valence-electron chi connectivity index (χ1n) is 6.65. The van der Waals surface area contributed by atoms with E-state index in [0.717, 1.165) is 5.56 Å². The molecule has 0 fully saturated rings. The minimum absolute atomic E-state index is 0.177. The minimum atomic E-state index is -0.362. The quantitative estimate of drug-likeness (QED) is 0.916. The Morgan fingerprint density at radius 3 is 2.14 bits per heavy atom. The van der Waals surface area contributed by atoms with Crippen LogP contribution in [-0.2, 0) is 0 Å². The van der Waals surface area contributed by atoms with E-state index in [9.17, 15) is 4.79 Å². The fraction of sp³-hybridized carbons (Fsp3) is 0.250. The summed E-state index contributed by atoms with van der Waals surface area (Å²) in [6, 6.07) is 9.47. The first-order valence-corrected chi connectivity index (χ1v) is 6.65. The van der Waals surface area contributed by atoms with Gasteiger partial charge in [-0.1, -0.05) is 30.3 Å². The zero-order valence-corrected chi connectivity index (χ0v) is 13.0. The lowest BCUT2D eigenvalue weighted by molar-refractivity contribution is 0.0955. The van der Waals surface area contributed by atoms with Gasteiger partial charge in [0.2, 0.25) is 5.88 Å². The molecule has 1 N–H and O–H groups in total. The first kappa shape index (κ1) is 15.6. The van der Waals surface area contributed by atoms with Crippen molar-refractivity contribution >= 4 is 5.91 Å². The number of ether oxygens (including phenoxy) is 3. The molecule has 116 valence electrons. The molecule has 0 aliphatic carbocycles. The second-order valence-corrected chi connectivity index (χ2v) is 4.36. The van der Waals surface area contributed by atoms with Crippen LogP contribution in [0.15, 0.2) is 30.3 Å². The van der Waals surface area contributed by atoms with Gasteiger partial charge in [-0.2, -0.15) is 0 Å². The monoisotopic (exact) mass is 302 g/mol. The number of rotatable bonds is 5. The maximum Gasteiger partial charge on any atom is 0.260 e. The summed E-state index contributed by atoms with van der Waals surface area (Å²) in [6.07, 6.45) is 0. The predicted octanol–water partition coefficient (Wildman–Crippen LogP) is 2.13. The Morgan fingerprint density at radius 2 is 1.64 bits per heavy atom. The van der Waals surface area contributed by atoms with Crippen LogP contribution in [0, 0.1) is 0 Å². The molecule has 6 heteroatoms. The van der Waals surface area contributed by atoms with Gasteiger partial charge in [-0.3, -0.25) is 4.79 Å². The van der Waals surface area contributed by atoms with Gasteiger partial charge < -0.3 is 19.5 Å². The van der Waals surface area contributed by atoms with Crippen molar-refractivity contribution in [2.45, 2.75) is 0 Å². The van der Waals surface area contributed by atoms with E-state index in [-0.39, 0.29) is 23.1 Å². The van der Waals surface area contributed by atoms with Crippen molar-refractivity contribution in [2.75, 3.05) is 28.4 Å². The average molecular weight is 302 g/mol. The molecular weight excluding hydrogens is 284 g/mol. The topological polar surface area (TPSA) is 69.7 Å². The zero-order chi connectivity index (χ0) is 16.1. The molecule has 0 bridgehead atoms. The maximum atomic E-state index is 12.1. The number of aromatic nitrogens is 1. The molecule has 22 heavy (non-hydrogen) atoms. The number of methoxy groups -OCH3 is 3. The minimum Gasteiger partial charge on any atom is -0.492 e. The third-order valence-electron chi connectivity index (χ3n) is 3.18. The van der Waals surface area contributed by atoms with Crippen molar-refractivity contribution in [3.05, 3.63) is 35.9 Å². The van der Waals surface area contributed by atoms with E-state index >= 15 is 0 Å². The Balaban J connectivity index is 2.79. The number of carbonyl (C=O) groups excluding carboxylic acids is 1. The van der Waals surface area contributed by atoms with Crippen molar-refractivity contribution in [3.63, 3.8) is 0 Å². The van der Waals surface area contributed by atoms with E-state index in [0.29, 0.717) is 11.4 Å². The van der Waals surface area contributed by atoms with Crippen LogP contribution in [0.1, 0.15) is 10.4 Å². The SMILES string of the molecule is CNC(=O)c1c(OC)nc(-c2ccccc2)c(OC)c1OC. The number of hydrogen-bond acceptors (Lipinski definition) is 5. The summed E-state index contributed by atoms with van der Waals surface area (Å²) in [4.78, 5) is 16.5. The predicted molar refractivity (Wildman–Crippen MR) is 82.7 cm³/mol. The average Bonchev–Trinajstić information content (AvgIpc) is 2.59. The summed E-state index contributed by atoms with van der Waals surface area (Å²) in [5.41, 5.74) is 1.58. The highest BCUT2D eigenvalue weighted by Gasteiger charge is 2.27. The molecule has 2 rings (SSSR count). The summed E-state index contributed by atoms with van der Waals surface area (Å²) in [7, 11) is 5.96. The van der Waals surface area contributed by atoms with Crippen molar-refractivity contribution in [3.8, 4) is 28.6 Å². The molecule has 0 aliphatic heterocycles. The number of nitrogens with zero attached hydrogens (tertiary/aromatic N) is 1. The van der Waals surface area contributed by atoms with Crippen LogP contribution in [0.4, 0.5) is 0 Å². The van der Waals surface area contributed by atoms with Gasteiger partial charge in [0.1, 0.15) is 11.3 Å². The fourth-order valence-corrected chi connectivity index (χ4v) is 2.18. The van der Waals surface area contributed by atoms with Gasteiger partial charge in [0.05, 0.1) is 21.3 Å². The molecule has 0 unspecified atom stereocenters. The van der Waals surface area contributed by atoms with E-state index in [1.54, 1.807) is 0 Å². The Morgan fingerprint density at radius 1 is 1.00 bits per heavy atom. The maximum absolute atomic E-state index is 12.1. The van der Waals surface area contributed by atoms with E-state index in [1.165, 1.54) is 28.4 Å². The van der Waals surface area contributed by atoms with Crippen molar-refractivity contribution in [1.82, 2.24) is 10.3 Å². The molecule has 1 aromatic carbocycles. The molecule has 0 radical (unpaired) electrons. The smallest absolute Gasteiger partial charge is 0.260 e. The number of carbonyl (C=O) groups is 1. The number of hydrogen-bond donors (Lipinski definition) is 1. The summed E-state index contributed by atoms with van der Waals surface area (Å²) >= 11 is 0. The number of nitrogens with one attached hydrogen (secondary N) is 1. The highest BCUT2D eigenvalue weighted by Crippen LogP contribution is 2.42. The Labute approximate surface area is 129 Å². The largest absolute Gasteiger partial charge is 0.492 e. The van der Waals surface area contributed by atoms with E-state index in [1.807, 2.05) is 30.3 Å². The zero-order valence-electron chi connectivity index (χ0n) is 13.0. The molecule has 0 saturated carbocycles. The summed E-state index contributed by atoms with van der Waals surface area (Å²) < 4.78 is 16.1. The van der Waals surface area contributed by atoms with E-state index < -0.39 is 0 Å². The van der Waals surface area contributed by atoms with Crippen LogP contribution in [0.25, 0.3) is 11.3 Å². The Kier molecular flexibility index (Phi) is 4.83. The van der Waals surface area contributed by atoms with E-state index in [2.05, 4.69) is 10.3 Å². The van der Waals surface area contributed by atoms with Gasteiger partial charge in [0.15, 0.2) is 11.5 Å². The molecule has 2 aromatic rings. The molecular formula is C16H18N2O4. The lowest BCUT2D eigenvalue weighted by atomic mass is 10.1. The summed E-state index contributed by atoms with van der Waals surface area (Å²) in [5.74, 6) is 0.482. The highest BCUT2D eigenvalue weighted by molar-refractivity contribution is 6.01. The van der Waals surface area contributed by atoms with Gasteiger partial charge in [-0.25, -0.2) is 4.98 Å². The van der Waals surface area contributed by atoms with Crippen molar-refractivity contribution in [1.29, 1.82) is 0 Å². The molecule has 1 amide bonds. The number of pyridine rings is 1. The highest BCUT2D eigenvalue weighted by atomic mass is 16.5. The normalized spacial score (nSPS) is 10.0. The molecule has 6 nitrogen and oxygen atoms in total. The number of amides is 1. The Bertz CT molecular complexity index is 672. The standard InChI is InChI=1S/C16H18N2O4/c1-17-15(19)11-13(20-2)14(21-3)12(18-16(11)22-4)10-8-6-5-7-9-10/h5-9H,1-4H3,(H,17,19). The third kappa shape index (κ3) is 2.67. The van der Waals surface area contributed by atoms with Crippen LogP contribution >= 0.6 is 0 Å². The lowest BCUT2D eigenvalue weighted by Crippen LogP contribution is -2.20. The van der Waals surface area contributed by atoms with Crippen LogP contribution < -0.4 is 19.5 Å². The molecule has 0 aliphatic rings. The van der Waals surface area contributed by atoms with Gasteiger partial charge in [0, 0.05) is 12.6 Å². The van der Waals surface area contributed by atoms with Gasteiger partial charge in [-0.05, 0) is 0 Å². The lowest BCUT2D eigenvalue weighted by Gasteiger charge is -2.17. The van der Waals surface area contributed by atoms with Gasteiger partial charge in [-0.15, -0.1) is 0 Å². The third-order valence-corrected chi connectivity index (χ3v) is 3.18. The van der Waals surface area contributed by atoms with Crippen LogP contribution in [0.5, 0.6) is 17.4 Å². The number of benzene rings is 1. The van der Waals surface area contributed by atoms with Gasteiger partial charge in [0.25, 0.3) is 5.91 Å². The molecule has 1 aromatic heterocycles. The molecule has 0 saturated heterocycles. The fourth-order valence-electron chi connectivity index (χ4n) is 2.18. The van der Waals surface area contributed by atoms with Crippen LogP contribution in [0.3, 0.4) is 0 Å². The van der Waals surface area contributed by atoms with Crippen LogP contribution in [-0.4, -0.2) is 39.3 Å². The second kappa shape index (κ2) is 6.80. The Hall–Kier alpha value is -2.76. The summed E-state index contributed by atoms with van der Waals surface area (Å²) in [6.45, 7) is 0. The van der Waals surface area contributed by atoms with E-state index in [4.69, 9.17) is 14.2 Å². The molecule has 0 atom stereocenters. The van der Waals surface area contributed by atoms with Crippen molar-refractivity contribution < 1.29 is 19.0 Å². The second-order valence-electron chi connectivity index (χ2n) is 4.36. The molecule has 1 heterocycles. The van der Waals surface area contributed by atoms with Crippen LogP contribution in [0.2, 0.25) is 0 Å². The van der Waals surface area contributed by atoms with Gasteiger partial charge >= 0.3 is 0 Å². The summed E-state index contributed by atoms with van der Waals surface area (Å²) in [5, 5.41) is 2.55.